The lowest BCUT2D eigenvalue weighted by Gasteiger charge is -2.02. The van der Waals surface area contributed by atoms with Crippen molar-refractivity contribution < 1.29 is 0 Å². The van der Waals surface area contributed by atoms with Gasteiger partial charge in [-0.3, -0.25) is 0 Å². The highest BCUT2D eigenvalue weighted by Crippen LogP contribution is 2.20. The summed E-state index contributed by atoms with van der Waals surface area (Å²) in [4.78, 5) is 0. The summed E-state index contributed by atoms with van der Waals surface area (Å²) >= 11 is 0. The minimum Gasteiger partial charge on any atom is -0.0683 e. The topological polar surface area (TPSA) is 0 Å². The molecule has 0 radical (unpaired) electrons. The van der Waals surface area contributed by atoms with Crippen molar-refractivity contribution in [2.75, 3.05) is 0 Å². The first-order valence-corrected chi connectivity index (χ1v) is 15.9. The van der Waals surface area contributed by atoms with Crippen LogP contribution in [0.2, 0.25) is 0 Å². The molecule has 5 aromatic rings. The first kappa shape index (κ1) is 40.5. The Morgan fingerprint density at radius 1 is 0.238 bits per heavy atom. The average molecular weight is 565 g/mol. The van der Waals surface area contributed by atoms with Crippen LogP contribution in [0.1, 0.15) is 88.8 Å². The van der Waals surface area contributed by atoms with Crippen LogP contribution in [0.4, 0.5) is 0 Å². The maximum absolute atomic E-state index is 2.22. The maximum Gasteiger partial charge on any atom is -0.0181 e. The molecule has 0 aliphatic rings. The van der Waals surface area contributed by atoms with Crippen LogP contribution in [-0.4, -0.2) is 0 Å². The van der Waals surface area contributed by atoms with Gasteiger partial charge in [-0.05, 0) is 63.4 Å². The Bertz CT molecular complexity index is 1200. The summed E-state index contributed by atoms with van der Waals surface area (Å²) in [6.45, 7) is 28.7. The first-order chi connectivity index (χ1) is 20.3. The summed E-state index contributed by atoms with van der Waals surface area (Å²) in [7, 11) is 0. The second-order valence-corrected chi connectivity index (χ2v) is 9.24. The van der Waals surface area contributed by atoms with Crippen LogP contribution in [0.25, 0.3) is 21.9 Å². The number of rotatable bonds is 1. The third-order valence-electron chi connectivity index (χ3n) is 5.81. The minimum absolute atomic E-state index is 1.29. The molecule has 0 saturated heterocycles. The molecule has 0 heteroatoms. The van der Waals surface area contributed by atoms with Gasteiger partial charge >= 0.3 is 0 Å². The quantitative estimate of drug-likeness (QED) is 0.190. The molecule has 5 rings (SSSR count). The van der Waals surface area contributed by atoms with Crippen LogP contribution in [0.5, 0.6) is 0 Å². The van der Waals surface area contributed by atoms with Gasteiger partial charge in [0.1, 0.15) is 0 Å². The molecule has 0 aliphatic carbocycles. The fourth-order valence-electron chi connectivity index (χ4n) is 3.61. The molecule has 5 aromatic carbocycles. The maximum atomic E-state index is 2.22. The third kappa shape index (κ3) is 16.6. The highest BCUT2D eigenvalue weighted by Gasteiger charge is 1.95. The molecular weight excluding hydrogens is 504 g/mol. The van der Waals surface area contributed by atoms with Crippen molar-refractivity contribution in [1.82, 2.24) is 0 Å². The van der Waals surface area contributed by atoms with E-state index in [1.807, 2.05) is 55.4 Å². The van der Waals surface area contributed by atoms with Crippen molar-refractivity contribution in [3.8, 4) is 11.1 Å². The zero-order valence-electron chi connectivity index (χ0n) is 29.4. The summed E-state index contributed by atoms with van der Waals surface area (Å²) in [5, 5.41) is 2.67. The van der Waals surface area contributed by atoms with Crippen molar-refractivity contribution in [3.05, 3.63) is 143 Å². The summed E-state index contributed by atoms with van der Waals surface area (Å²) in [6, 6.07) is 38.8. The molecular formula is C42H60. The van der Waals surface area contributed by atoms with Gasteiger partial charge in [0, 0.05) is 0 Å². The molecule has 0 atom stereocenters. The van der Waals surface area contributed by atoms with Gasteiger partial charge in [-0.1, -0.05) is 198 Å². The second kappa shape index (κ2) is 25.1. The van der Waals surface area contributed by atoms with Gasteiger partial charge in [-0.25, -0.2) is 0 Å². The van der Waals surface area contributed by atoms with Crippen LogP contribution >= 0.6 is 0 Å². The van der Waals surface area contributed by atoms with Gasteiger partial charge in [0.15, 0.2) is 0 Å². The Labute approximate surface area is 260 Å². The third-order valence-corrected chi connectivity index (χ3v) is 5.81. The predicted octanol–water partition coefficient (Wildman–Crippen LogP) is 13.8. The molecule has 0 N–H and O–H groups in total. The summed E-state index contributed by atoms with van der Waals surface area (Å²) < 4.78 is 0. The van der Waals surface area contributed by atoms with Crippen molar-refractivity contribution in [1.29, 1.82) is 0 Å². The van der Waals surface area contributed by atoms with E-state index >= 15 is 0 Å². The van der Waals surface area contributed by atoms with Crippen LogP contribution in [0.15, 0.2) is 109 Å². The highest BCUT2D eigenvalue weighted by molar-refractivity contribution is 5.83. The van der Waals surface area contributed by atoms with E-state index in [0.717, 1.165) is 0 Å². The second-order valence-electron chi connectivity index (χ2n) is 9.24. The molecule has 0 spiro atoms. The van der Waals surface area contributed by atoms with Crippen LogP contribution in [0, 0.1) is 41.5 Å². The van der Waals surface area contributed by atoms with E-state index in [9.17, 15) is 0 Å². The van der Waals surface area contributed by atoms with E-state index in [-0.39, 0.29) is 0 Å². The average Bonchev–Trinajstić information content (AvgIpc) is 3.04. The largest absolute Gasteiger partial charge is 0.0683 e. The van der Waals surface area contributed by atoms with Gasteiger partial charge in [-0.15, -0.1) is 0 Å². The van der Waals surface area contributed by atoms with Crippen LogP contribution in [0.3, 0.4) is 0 Å². The zero-order chi connectivity index (χ0) is 32.5. The molecule has 0 aromatic heterocycles. The minimum atomic E-state index is 1.29. The van der Waals surface area contributed by atoms with E-state index in [1.165, 1.54) is 55.3 Å². The molecule has 0 saturated carbocycles. The summed E-state index contributed by atoms with van der Waals surface area (Å²) in [6.07, 6.45) is 0. The fourth-order valence-corrected chi connectivity index (χ4v) is 3.61. The normalized spacial score (nSPS) is 8.71. The Morgan fingerprint density at radius 2 is 0.429 bits per heavy atom. The number of fused-ring (bicyclic) bond motifs is 1. The van der Waals surface area contributed by atoms with Crippen LogP contribution < -0.4 is 0 Å². The van der Waals surface area contributed by atoms with Gasteiger partial charge < -0.3 is 0 Å². The predicted molar refractivity (Wildman–Crippen MR) is 196 cm³/mol. The van der Waals surface area contributed by atoms with Gasteiger partial charge in [0.25, 0.3) is 0 Å². The number of benzene rings is 5. The first-order valence-electron chi connectivity index (χ1n) is 15.9. The van der Waals surface area contributed by atoms with Gasteiger partial charge in [0.2, 0.25) is 0 Å². The highest BCUT2D eigenvalue weighted by atomic mass is 14.0. The van der Waals surface area contributed by atoms with E-state index in [2.05, 4.69) is 151 Å². The molecule has 42 heavy (non-hydrogen) atoms. The lowest BCUT2D eigenvalue weighted by molar-refractivity contribution is 1.40. The Hall–Kier alpha value is -3.64. The van der Waals surface area contributed by atoms with E-state index in [1.54, 1.807) is 0 Å². The SMILES string of the molecule is CC.CC.CC.CC.Cc1ccc(-c2ccc(C)cc2)cc1.Cc1ccc(C)cc1.Cc1ccc2cc(C)ccc2c1. The monoisotopic (exact) mass is 564 g/mol. The Kier molecular flexibility index (Phi) is 24.2. The molecule has 0 amide bonds. The van der Waals surface area contributed by atoms with Gasteiger partial charge in [-0.2, -0.15) is 0 Å². The van der Waals surface area contributed by atoms with Crippen molar-refractivity contribution in [3.63, 3.8) is 0 Å². The fraction of sp³-hybridized carbons (Fsp3) is 0.333. The summed E-state index contributed by atoms with van der Waals surface area (Å²) in [5.74, 6) is 0. The van der Waals surface area contributed by atoms with Gasteiger partial charge in [0.05, 0.1) is 0 Å². The van der Waals surface area contributed by atoms with E-state index in [0.29, 0.717) is 0 Å². The van der Waals surface area contributed by atoms with Crippen molar-refractivity contribution in [2.45, 2.75) is 96.9 Å². The van der Waals surface area contributed by atoms with Crippen molar-refractivity contribution >= 4 is 10.8 Å². The lowest BCUT2D eigenvalue weighted by atomic mass is 10.0. The van der Waals surface area contributed by atoms with Crippen molar-refractivity contribution in [2.24, 2.45) is 0 Å². The summed E-state index contributed by atoms with van der Waals surface area (Å²) in [5.41, 5.74) is 10.5. The molecule has 0 fully saturated rings. The Morgan fingerprint density at radius 3 is 0.667 bits per heavy atom. The number of aryl methyl sites for hydroxylation is 6. The smallest absolute Gasteiger partial charge is 0.0181 e. The molecule has 228 valence electrons. The molecule has 0 heterocycles. The zero-order valence-corrected chi connectivity index (χ0v) is 29.4. The standard InChI is InChI=1S/C14H14.C12H12.C8H10.4C2H6/c1-11-3-7-13(8-4-11)14-9-5-12(2)6-10-14;1-9-3-5-12-8-10(2)4-6-11(12)7-9;1-7-3-5-8(2)6-4-7;4*1-2/h3-10H,1-2H3;3-8H,1-2H3;3-6H,1-2H3;4*1-2H3. The molecule has 0 bridgehead atoms. The lowest BCUT2D eigenvalue weighted by Crippen LogP contribution is -1.78. The van der Waals surface area contributed by atoms with E-state index < -0.39 is 0 Å². The molecule has 0 unspecified atom stereocenters. The Balaban J connectivity index is 0. The number of hydrogen-bond acceptors (Lipinski definition) is 0. The number of hydrogen-bond donors (Lipinski definition) is 0. The molecule has 0 nitrogen and oxygen atoms in total. The van der Waals surface area contributed by atoms with E-state index in [4.69, 9.17) is 0 Å². The molecule has 0 aliphatic heterocycles. The van der Waals surface area contributed by atoms with Crippen LogP contribution in [-0.2, 0) is 0 Å².